The number of hydrogen-bond donors (Lipinski definition) is 0. The van der Waals surface area contributed by atoms with Crippen LogP contribution in [0, 0.1) is 0 Å². The Labute approximate surface area is 58.1 Å². The van der Waals surface area contributed by atoms with Gasteiger partial charge in [-0.05, 0) is 6.92 Å². The Morgan fingerprint density at radius 3 is 3.10 bits per heavy atom. The number of hydrogen-bond acceptors (Lipinski definition) is 4. The molecule has 0 fully saturated rings. The van der Waals surface area contributed by atoms with Crippen molar-refractivity contribution in [1.82, 2.24) is 0 Å². The van der Waals surface area contributed by atoms with Gasteiger partial charge in [-0.1, -0.05) is 0 Å². The van der Waals surface area contributed by atoms with E-state index in [2.05, 4.69) is 20.0 Å². The molecule has 0 spiro atoms. The van der Waals surface area contributed by atoms with Gasteiger partial charge in [0.2, 0.25) is 0 Å². The molecular weight excluding hydrogens is 128 g/mol. The first-order chi connectivity index (χ1) is 4.81. The molecule has 0 saturated carbocycles. The summed E-state index contributed by atoms with van der Waals surface area (Å²) in [6.45, 7) is 1.93. The Bertz CT molecular complexity index is 273. The largest absolute Gasteiger partial charge is 0.253 e. The topological polar surface area (TPSA) is 49.4 Å². The highest BCUT2D eigenvalue weighted by Crippen LogP contribution is 2.16. The van der Waals surface area contributed by atoms with Crippen LogP contribution in [0.15, 0.2) is 20.0 Å². The summed E-state index contributed by atoms with van der Waals surface area (Å²) in [7, 11) is 0. The van der Waals surface area contributed by atoms with Crippen molar-refractivity contribution < 1.29 is 0 Å². The number of aliphatic imine (C=N–C) groups is 4. The molecule has 0 N–H and O–H groups in total. The second-order valence-corrected chi connectivity index (χ2v) is 2.37. The van der Waals surface area contributed by atoms with Crippen LogP contribution < -0.4 is 0 Å². The smallest absolute Gasteiger partial charge is 0.164 e. The molecule has 2 heterocycles. The van der Waals surface area contributed by atoms with Gasteiger partial charge in [0.15, 0.2) is 11.4 Å². The molecule has 0 aromatic heterocycles. The van der Waals surface area contributed by atoms with Gasteiger partial charge in [0, 0.05) is 6.21 Å². The fourth-order valence-corrected chi connectivity index (χ4v) is 0.913. The van der Waals surface area contributed by atoms with Crippen LogP contribution in [-0.4, -0.2) is 30.3 Å². The quantitative estimate of drug-likeness (QED) is 0.457. The van der Waals surface area contributed by atoms with Crippen LogP contribution in [-0.2, 0) is 0 Å². The van der Waals surface area contributed by atoms with Crippen molar-refractivity contribution in [2.24, 2.45) is 20.0 Å². The summed E-state index contributed by atoms with van der Waals surface area (Å²) in [6, 6.07) is 0. The summed E-state index contributed by atoms with van der Waals surface area (Å²) >= 11 is 0. The third-order valence-electron chi connectivity index (χ3n) is 1.53. The van der Waals surface area contributed by atoms with Crippen molar-refractivity contribution in [3.8, 4) is 0 Å². The first kappa shape index (κ1) is 5.46. The zero-order chi connectivity index (χ0) is 7.03. The molecule has 1 atom stereocenters. The Hall–Kier alpha value is -1.32. The molecule has 4 heteroatoms. The predicted octanol–water partition coefficient (Wildman–Crippen LogP) is 0.298. The zero-order valence-electron chi connectivity index (χ0n) is 5.52. The minimum Gasteiger partial charge on any atom is -0.253 e. The van der Waals surface area contributed by atoms with Crippen molar-refractivity contribution in [2.45, 2.75) is 12.5 Å². The molecule has 10 heavy (non-hydrogen) atoms. The van der Waals surface area contributed by atoms with E-state index in [-0.39, 0.29) is 5.54 Å². The lowest BCUT2D eigenvalue weighted by Gasteiger charge is -2.15. The minimum atomic E-state index is -0.380. The summed E-state index contributed by atoms with van der Waals surface area (Å²) in [5, 5.41) is 0. The highest BCUT2D eigenvalue weighted by atomic mass is 15.1. The minimum absolute atomic E-state index is 0.380. The molecule has 2 aliphatic heterocycles. The molecule has 1 unspecified atom stereocenters. The first-order valence-electron chi connectivity index (χ1n) is 3.00. The van der Waals surface area contributed by atoms with E-state index in [0.29, 0.717) is 0 Å². The molecule has 0 bridgehead atoms. The van der Waals surface area contributed by atoms with E-state index in [1.165, 1.54) is 12.7 Å². The Morgan fingerprint density at radius 2 is 2.30 bits per heavy atom. The number of fused-ring (bicyclic) bond motifs is 1. The Kier molecular flexibility index (Phi) is 0.869. The lowest BCUT2D eigenvalue weighted by Crippen LogP contribution is -2.33. The fourth-order valence-electron chi connectivity index (χ4n) is 0.913. The molecule has 0 aromatic carbocycles. The highest BCUT2D eigenvalue weighted by Gasteiger charge is 2.31. The van der Waals surface area contributed by atoms with Gasteiger partial charge in [0.05, 0.1) is 0 Å². The summed E-state index contributed by atoms with van der Waals surface area (Å²) in [5.41, 5.74) is -0.380. The van der Waals surface area contributed by atoms with Crippen LogP contribution in [0.5, 0.6) is 0 Å². The van der Waals surface area contributed by atoms with Gasteiger partial charge in [-0.2, -0.15) is 0 Å². The molecule has 0 aromatic rings. The standard InChI is InChI=1S/C6H6N4/c1-6-2-7-3-8-5(6)9-4-10-6/h2-4H,1H3. The normalized spacial score (nSPS) is 34.3. The van der Waals surface area contributed by atoms with Crippen LogP contribution in [0.4, 0.5) is 0 Å². The summed E-state index contributed by atoms with van der Waals surface area (Å²) < 4.78 is 0. The van der Waals surface area contributed by atoms with Crippen molar-refractivity contribution in [1.29, 1.82) is 0 Å². The van der Waals surface area contributed by atoms with Gasteiger partial charge in [-0.3, -0.25) is 4.99 Å². The second kappa shape index (κ2) is 1.59. The maximum atomic E-state index is 4.10. The van der Waals surface area contributed by atoms with Gasteiger partial charge in [0.1, 0.15) is 12.7 Å². The molecule has 4 nitrogen and oxygen atoms in total. The fraction of sp³-hybridized carbons (Fsp3) is 0.333. The number of amidine groups is 1. The predicted molar refractivity (Wildman–Crippen MR) is 41.3 cm³/mol. The van der Waals surface area contributed by atoms with E-state index in [1.54, 1.807) is 6.21 Å². The number of rotatable bonds is 0. The zero-order valence-corrected chi connectivity index (χ0v) is 5.52. The van der Waals surface area contributed by atoms with Gasteiger partial charge in [-0.25, -0.2) is 15.0 Å². The maximum Gasteiger partial charge on any atom is 0.164 e. The Balaban J connectivity index is 2.51. The molecule has 2 rings (SSSR count). The molecule has 0 saturated heterocycles. The third-order valence-corrected chi connectivity index (χ3v) is 1.53. The van der Waals surface area contributed by atoms with Crippen molar-refractivity contribution in [3.63, 3.8) is 0 Å². The lowest BCUT2D eigenvalue weighted by atomic mass is 10.0. The molecule has 50 valence electrons. The SMILES string of the molecule is CC12C=NC=NC1=NC=N2. The van der Waals surface area contributed by atoms with E-state index in [1.807, 2.05) is 6.92 Å². The van der Waals surface area contributed by atoms with Gasteiger partial charge in [-0.15, -0.1) is 0 Å². The van der Waals surface area contributed by atoms with E-state index < -0.39 is 0 Å². The summed E-state index contributed by atoms with van der Waals surface area (Å²) in [6.07, 6.45) is 4.74. The van der Waals surface area contributed by atoms with E-state index in [9.17, 15) is 0 Å². The second-order valence-electron chi connectivity index (χ2n) is 2.37. The molecule has 0 aliphatic carbocycles. The molecule has 0 radical (unpaired) electrons. The van der Waals surface area contributed by atoms with Crippen LogP contribution in [0.2, 0.25) is 0 Å². The monoisotopic (exact) mass is 134 g/mol. The molecule has 2 aliphatic rings. The van der Waals surface area contributed by atoms with Gasteiger partial charge >= 0.3 is 0 Å². The van der Waals surface area contributed by atoms with Crippen LogP contribution >= 0.6 is 0 Å². The highest BCUT2D eigenvalue weighted by molar-refractivity contribution is 6.17. The average molecular weight is 134 g/mol. The van der Waals surface area contributed by atoms with Crippen molar-refractivity contribution in [3.05, 3.63) is 0 Å². The Morgan fingerprint density at radius 1 is 1.40 bits per heavy atom. The summed E-state index contributed by atoms with van der Waals surface area (Å²) in [4.78, 5) is 15.9. The number of nitrogens with zero attached hydrogens (tertiary/aromatic N) is 4. The van der Waals surface area contributed by atoms with Gasteiger partial charge < -0.3 is 0 Å². The van der Waals surface area contributed by atoms with Crippen LogP contribution in [0.1, 0.15) is 6.92 Å². The van der Waals surface area contributed by atoms with E-state index >= 15 is 0 Å². The van der Waals surface area contributed by atoms with Crippen molar-refractivity contribution in [2.75, 3.05) is 0 Å². The van der Waals surface area contributed by atoms with Crippen LogP contribution in [0.25, 0.3) is 0 Å². The van der Waals surface area contributed by atoms with Crippen LogP contribution in [0.3, 0.4) is 0 Å². The van der Waals surface area contributed by atoms with Gasteiger partial charge in [0.25, 0.3) is 0 Å². The van der Waals surface area contributed by atoms with E-state index in [4.69, 9.17) is 0 Å². The maximum absolute atomic E-state index is 4.10. The first-order valence-corrected chi connectivity index (χ1v) is 3.00. The third kappa shape index (κ3) is 0.556. The summed E-state index contributed by atoms with van der Waals surface area (Å²) in [5.74, 6) is 0.725. The lowest BCUT2D eigenvalue weighted by molar-refractivity contribution is 0.860. The molecular formula is C6H6N4. The van der Waals surface area contributed by atoms with Crippen molar-refractivity contribution >= 4 is 24.7 Å². The average Bonchev–Trinajstić information content (AvgIpc) is 2.29. The molecule has 0 amide bonds. The van der Waals surface area contributed by atoms with E-state index in [0.717, 1.165) is 5.84 Å².